The number of nitrogens with zero attached hydrogens (tertiary/aromatic N) is 1. The second kappa shape index (κ2) is 3.33. The molecular weight excluding hydrogens is 200 g/mol. The van der Waals surface area contributed by atoms with Gasteiger partial charge in [-0.05, 0) is 18.9 Å². The Balaban J connectivity index is 2.28. The number of hydrogen-bond acceptors (Lipinski definition) is 4. The van der Waals surface area contributed by atoms with Gasteiger partial charge in [-0.1, -0.05) is 6.07 Å². The molecule has 76 valence electrons. The molecule has 1 fully saturated rings. The van der Waals surface area contributed by atoms with E-state index < -0.39 is 15.2 Å². The predicted octanol–water partition coefficient (Wildman–Crippen LogP) is 0.616. The molecule has 1 aliphatic carbocycles. The molecule has 0 saturated heterocycles. The maximum absolute atomic E-state index is 11.7. The molecule has 1 saturated carbocycles. The van der Waals surface area contributed by atoms with Crippen LogP contribution in [0.5, 0.6) is 0 Å². The van der Waals surface area contributed by atoms with Crippen molar-refractivity contribution in [3.63, 3.8) is 0 Å². The first kappa shape index (κ1) is 9.61. The molecule has 0 aliphatic heterocycles. The van der Waals surface area contributed by atoms with Gasteiger partial charge in [-0.25, -0.2) is 8.42 Å². The highest BCUT2D eigenvalue weighted by atomic mass is 32.2. The highest BCUT2D eigenvalue weighted by Gasteiger charge is 2.40. The van der Waals surface area contributed by atoms with E-state index in [1.165, 1.54) is 6.20 Å². The van der Waals surface area contributed by atoms with E-state index >= 15 is 0 Å². The van der Waals surface area contributed by atoms with Crippen LogP contribution in [0.1, 0.15) is 23.8 Å². The van der Waals surface area contributed by atoms with Crippen LogP contribution in [0.4, 0.5) is 0 Å². The van der Waals surface area contributed by atoms with Crippen LogP contribution in [0, 0.1) is 0 Å². The van der Waals surface area contributed by atoms with Crippen molar-refractivity contribution < 1.29 is 8.42 Å². The summed E-state index contributed by atoms with van der Waals surface area (Å²) in [4.78, 5) is 3.85. The second-order valence-electron chi connectivity index (χ2n) is 3.50. The number of nitrogens with two attached hydrogens (primary N) is 1. The third kappa shape index (κ3) is 1.65. The summed E-state index contributed by atoms with van der Waals surface area (Å²) in [5.41, 5.74) is 6.25. The van der Waals surface area contributed by atoms with Crippen molar-refractivity contribution in [1.82, 2.24) is 4.98 Å². The van der Waals surface area contributed by atoms with Crippen LogP contribution < -0.4 is 5.73 Å². The molecule has 0 spiro atoms. The van der Waals surface area contributed by atoms with Crippen molar-refractivity contribution in [2.24, 2.45) is 5.73 Å². The van der Waals surface area contributed by atoms with Gasteiger partial charge in [0.05, 0.1) is 5.25 Å². The molecule has 0 amide bonds. The summed E-state index contributed by atoms with van der Waals surface area (Å²) >= 11 is 0. The summed E-state index contributed by atoms with van der Waals surface area (Å²) < 4.78 is 23.5. The molecule has 0 aromatic carbocycles. The van der Waals surface area contributed by atoms with E-state index in [4.69, 9.17) is 5.73 Å². The highest BCUT2D eigenvalue weighted by Crippen LogP contribution is 2.34. The summed E-state index contributed by atoms with van der Waals surface area (Å²) in [6.45, 7) is 0. The molecule has 14 heavy (non-hydrogen) atoms. The Morgan fingerprint density at radius 1 is 1.50 bits per heavy atom. The topological polar surface area (TPSA) is 73.0 Å². The van der Waals surface area contributed by atoms with Gasteiger partial charge in [0, 0.05) is 18.0 Å². The zero-order valence-corrected chi connectivity index (χ0v) is 8.44. The molecule has 2 rings (SSSR count). The standard InChI is InChI=1S/C9H12N2O2S/c10-9(7-2-1-5-11-6-7)14(12,13)8-3-4-8/h1-2,5-6,8-9H,3-4,10H2. The molecule has 1 aromatic heterocycles. The Bertz CT molecular complexity index is 412. The molecule has 4 nitrogen and oxygen atoms in total. The average Bonchev–Trinajstić information content (AvgIpc) is 3.01. The number of rotatable bonds is 3. The first-order valence-electron chi connectivity index (χ1n) is 4.50. The van der Waals surface area contributed by atoms with E-state index in [9.17, 15) is 8.42 Å². The molecule has 0 bridgehead atoms. The predicted molar refractivity (Wildman–Crippen MR) is 53.1 cm³/mol. The minimum absolute atomic E-state index is 0.224. The average molecular weight is 212 g/mol. The number of aromatic nitrogens is 1. The molecule has 1 heterocycles. The van der Waals surface area contributed by atoms with Gasteiger partial charge >= 0.3 is 0 Å². The lowest BCUT2D eigenvalue weighted by molar-refractivity contribution is 0.582. The summed E-state index contributed by atoms with van der Waals surface area (Å²) in [7, 11) is -3.18. The third-order valence-electron chi connectivity index (χ3n) is 2.36. The monoisotopic (exact) mass is 212 g/mol. The Morgan fingerprint density at radius 2 is 2.21 bits per heavy atom. The molecule has 1 atom stereocenters. The Hall–Kier alpha value is -0.940. The van der Waals surface area contributed by atoms with Crippen molar-refractivity contribution in [1.29, 1.82) is 0 Å². The van der Waals surface area contributed by atoms with E-state index in [1.807, 2.05) is 0 Å². The van der Waals surface area contributed by atoms with E-state index in [-0.39, 0.29) is 5.25 Å². The maximum atomic E-state index is 11.7. The van der Waals surface area contributed by atoms with Crippen molar-refractivity contribution in [3.8, 4) is 0 Å². The molecule has 1 unspecified atom stereocenters. The molecule has 0 radical (unpaired) electrons. The maximum Gasteiger partial charge on any atom is 0.173 e. The lowest BCUT2D eigenvalue weighted by Crippen LogP contribution is -2.25. The quantitative estimate of drug-likeness (QED) is 0.797. The first-order chi connectivity index (χ1) is 6.62. The van der Waals surface area contributed by atoms with Crippen molar-refractivity contribution in [3.05, 3.63) is 30.1 Å². The third-order valence-corrected chi connectivity index (χ3v) is 4.74. The summed E-state index contributed by atoms with van der Waals surface area (Å²) in [6, 6.07) is 3.38. The van der Waals surface area contributed by atoms with Gasteiger partial charge in [0.15, 0.2) is 9.84 Å². The van der Waals surface area contributed by atoms with Gasteiger partial charge < -0.3 is 5.73 Å². The fourth-order valence-electron chi connectivity index (χ4n) is 1.34. The van der Waals surface area contributed by atoms with E-state index in [1.54, 1.807) is 18.3 Å². The van der Waals surface area contributed by atoms with Gasteiger partial charge in [0.1, 0.15) is 5.37 Å². The van der Waals surface area contributed by atoms with Crippen LogP contribution in [0.3, 0.4) is 0 Å². The number of hydrogen-bond donors (Lipinski definition) is 1. The highest BCUT2D eigenvalue weighted by molar-refractivity contribution is 7.92. The van der Waals surface area contributed by atoms with Crippen LogP contribution in [0.25, 0.3) is 0 Å². The fourth-order valence-corrected chi connectivity index (χ4v) is 3.06. The van der Waals surface area contributed by atoms with Crippen molar-refractivity contribution in [2.75, 3.05) is 0 Å². The molecular formula is C9H12N2O2S. The van der Waals surface area contributed by atoms with E-state index in [0.717, 1.165) is 12.8 Å². The van der Waals surface area contributed by atoms with Crippen LogP contribution in [-0.4, -0.2) is 18.7 Å². The Kier molecular flexibility index (Phi) is 2.28. The normalized spacial score (nSPS) is 19.2. The fraction of sp³-hybridized carbons (Fsp3) is 0.444. The molecule has 1 aromatic rings. The first-order valence-corrected chi connectivity index (χ1v) is 6.11. The SMILES string of the molecule is NC(c1cccnc1)S(=O)(=O)C1CC1. The van der Waals surface area contributed by atoms with Crippen LogP contribution in [0.2, 0.25) is 0 Å². The van der Waals surface area contributed by atoms with Crippen molar-refractivity contribution in [2.45, 2.75) is 23.5 Å². The number of pyridine rings is 1. The molecule has 1 aliphatic rings. The summed E-state index contributed by atoms with van der Waals surface area (Å²) in [5, 5.41) is -1.14. The minimum atomic E-state index is -3.18. The smallest absolute Gasteiger partial charge is 0.173 e. The Morgan fingerprint density at radius 3 is 2.71 bits per heavy atom. The van der Waals surface area contributed by atoms with E-state index in [0.29, 0.717) is 5.56 Å². The largest absolute Gasteiger partial charge is 0.311 e. The minimum Gasteiger partial charge on any atom is -0.311 e. The van der Waals surface area contributed by atoms with Gasteiger partial charge in [0.2, 0.25) is 0 Å². The van der Waals surface area contributed by atoms with Gasteiger partial charge in [0.25, 0.3) is 0 Å². The van der Waals surface area contributed by atoms with Gasteiger partial charge in [-0.3, -0.25) is 4.98 Å². The zero-order valence-electron chi connectivity index (χ0n) is 7.63. The van der Waals surface area contributed by atoms with Crippen molar-refractivity contribution >= 4 is 9.84 Å². The Labute approximate surface area is 83.1 Å². The number of sulfone groups is 1. The van der Waals surface area contributed by atoms with E-state index in [2.05, 4.69) is 4.98 Å². The van der Waals surface area contributed by atoms with Crippen LogP contribution in [0.15, 0.2) is 24.5 Å². The zero-order chi connectivity index (χ0) is 10.2. The van der Waals surface area contributed by atoms with Crippen LogP contribution in [-0.2, 0) is 9.84 Å². The summed E-state index contributed by atoms with van der Waals surface area (Å²) in [6.07, 6.45) is 4.59. The molecule has 5 heteroatoms. The molecule has 2 N–H and O–H groups in total. The lowest BCUT2D eigenvalue weighted by Gasteiger charge is -2.11. The summed E-state index contributed by atoms with van der Waals surface area (Å²) in [5.74, 6) is 0. The van der Waals surface area contributed by atoms with Gasteiger partial charge in [-0.15, -0.1) is 0 Å². The second-order valence-corrected chi connectivity index (χ2v) is 5.85. The van der Waals surface area contributed by atoms with Gasteiger partial charge in [-0.2, -0.15) is 0 Å². The van der Waals surface area contributed by atoms with Crippen LogP contribution >= 0.6 is 0 Å². The lowest BCUT2D eigenvalue weighted by atomic mass is 10.3.